The smallest absolute Gasteiger partial charge is 0.384 e. The van der Waals surface area contributed by atoms with Crippen LogP contribution in [-0.4, -0.2) is 9.97 Å². The Balaban J connectivity index is 2.23. The first-order valence-corrected chi connectivity index (χ1v) is 5.83. The minimum Gasteiger partial charge on any atom is -0.384 e. The second-order valence-corrected chi connectivity index (χ2v) is 4.16. The number of nitrogens with one attached hydrogen (secondary N) is 1. The summed E-state index contributed by atoms with van der Waals surface area (Å²) in [5.74, 6) is -1.63. The van der Waals surface area contributed by atoms with Gasteiger partial charge in [0.2, 0.25) is 5.82 Å². The van der Waals surface area contributed by atoms with Crippen LogP contribution in [0.25, 0.3) is 0 Å². The number of hydrogen-bond donors (Lipinski definition) is 2. The summed E-state index contributed by atoms with van der Waals surface area (Å²) in [7, 11) is 0. The van der Waals surface area contributed by atoms with E-state index in [1.54, 1.807) is 24.3 Å². The van der Waals surface area contributed by atoms with Gasteiger partial charge in [-0.3, -0.25) is 0 Å². The zero-order valence-electron chi connectivity index (χ0n) is 10.6. The molecule has 0 amide bonds. The van der Waals surface area contributed by atoms with Gasteiger partial charge >= 0.3 is 6.18 Å². The Morgan fingerprint density at radius 2 is 1.86 bits per heavy atom. The van der Waals surface area contributed by atoms with Gasteiger partial charge in [0.1, 0.15) is 11.6 Å². The van der Waals surface area contributed by atoms with Crippen molar-refractivity contribution in [1.82, 2.24) is 9.97 Å². The lowest BCUT2D eigenvalue weighted by Gasteiger charge is -2.10. The van der Waals surface area contributed by atoms with Gasteiger partial charge < -0.3 is 11.1 Å². The summed E-state index contributed by atoms with van der Waals surface area (Å²) in [5.41, 5.74) is 6.68. The minimum absolute atomic E-state index is 0.0529. The van der Waals surface area contributed by atoms with Crippen LogP contribution in [0.3, 0.4) is 0 Å². The summed E-state index contributed by atoms with van der Waals surface area (Å²) in [6, 6.07) is 9.87. The third-order valence-corrected chi connectivity index (χ3v) is 2.51. The molecule has 0 saturated heterocycles. The van der Waals surface area contributed by atoms with Gasteiger partial charge in [0, 0.05) is 11.8 Å². The first kappa shape index (κ1) is 14.6. The van der Waals surface area contributed by atoms with Crippen molar-refractivity contribution in [3.05, 3.63) is 41.7 Å². The average molecular weight is 293 g/mol. The fourth-order valence-electron chi connectivity index (χ4n) is 1.60. The molecule has 8 heteroatoms. The van der Waals surface area contributed by atoms with Crippen LogP contribution >= 0.6 is 0 Å². The average Bonchev–Trinajstić information content (AvgIpc) is 2.40. The van der Waals surface area contributed by atoms with Crippen LogP contribution in [0.15, 0.2) is 30.3 Å². The lowest BCUT2D eigenvalue weighted by atomic mass is 10.1. The first-order chi connectivity index (χ1) is 9.88. The monoisotopic (exact) mass is 293 g/mol. The number of nitriles is 1. The van der Waals surface area contributed by atoms with Crippen molar-refractivity contribution in [3.8, 4) is 6.07 Å². The molecule has 1 aromatic heterocycles. The molecular weight excluding hydrogens is 283 g/mol. The first-order valence-electron chi connectivity index (χ1n) is 5.83. The van der Waals surface area contributed by atoms with E-state index in [1.165, 1.54) is 6.07 Å². The molecule has 3 N–H and O–H groups in total. The Morgan fingerprint density at radius 1 is 1.19 bits per heavy atom. The molecule has 2 aromatic rings. The Morgan fingerprint density at radius 3 is 2.43 bits per heavy atom. The van der Waals surface area contributed by atoms with Crippen molar-refractivity contribution in [1.29, 1.82) is 5.26 Å². The molecular formula is C13H10F3N5. The molecule has 108 valence electrons. The molecule has 0 saturated carbocycles. The highest BCUT2D eigenvalue weighted by Gasteiger charge is 2.35. The van der Waals surface area contributed by atoms with Gasteiger partial charge in [-0.05, 0) is 17.7 Å². The Bertz CT molecular complexity index is 674. The standard InChI is InChI=1S/C13H10F3N5/c14-13(15,16)12-20-10(18)7-11(21-12)19-9-3-1-8(2-4-9)5-6-17/h1-4,7H,5H2,(H3,18,19,20,21). The lowest BCUT2D eigenvalue weighted by Crippen LogP contribution is -2.13. The number of anilines is 3. The van der Waals surface area contributed by atoms with E-state index in [0.29, 0.717) is 5.69 Å². The number of nitrogen functional groups attached to an aromatic ring is 1. The van der Waals surface area contributed by atoms with Crippen LogP contribution in [0.2, 0.25) is 0 Å². The molecule has 1 aromatic carbocycles. The van der Waals surface area contributed by atoms with Crippen molar-refractivity contribution in [2.24, 2.45) is 0 Å². The van der Waals surface area contributed by atoms with Gasteiger partial charge in [-0.1, -0.05) is 12.1 Å². The number of benzene rings is 1. The van der Waals surface area contributed by atoms with Crippen molar-refractivity contribution in [2.45, 2.75) is 12.6 Å². The topological polar surface area (TPSA) is 87.6 Å². The highest BCUT2D eigenvalue weighted by Crippen LogP contribution is 2.28. The van der Waals surface area contributed by atoms with Crippen LogP contribution in [0, 0.1) is 11.3 Å². The van der Waals surface area contributed by atoms with Crippen LogP contribution in [0.1, 0.15) is 11.4 Å². The van der Waals surface area contributed by atoms with Crippen LogP contribution in [0.4, 0.5) is 30.5 Å². The van der Waals surface area contributed by atoms with Gasteiger partial charge in [0.15, 0.2) is 0 Å². The van der Waals surface area contributed by atoms with E-state index in [2.05, 4.69) is 15.3 Å². The molecule has 0 spiro atoms. The third-order valence-electron chi connectivity index (χ3n) is 2.51. The van der Waals surface area contributed by atoms with E-state index >= 15 is 0 Å². The number of hydrogen-bond acceptors (Lipinski definition) is 5. The maximum Gasteiger partial charge on any atom is 0.451 e. The fraction of sp³-hybridized carbons (Fsp3) is 0.154. The normalized spacial score (nSPS) is 11.0. The molecule has 0 atom stereocenters. The fourth-order valence-corrected chi connectivity index (χ4v) is 1.60. The minimum atomic E-state index is -4.66. The second-order valence-electron chi connectivity index (χ2n) is 4.16. The maximum absolute atomic E-state index is 12.6. The number of alkyl halides is 3. The van der Waals surface area contributed by atoms with E-state index in [-0.39, 0.29) is 18.1 Å². The number of aromatic nitrogens is 2. The summed E-state index contributed by atoms with van der Waals surface area (Å²) in [6.07, 6.45) is -4.40. The van der Waals surface area contributed by atoms with Crippen molar-refractivity contribution < 1.29 is 13.2 Å². The molecule has 0 bridgehead atoms. The highest BCUT2D eigenvalue weighted by molar-refractivity contribution is 5.58. The zero-order chi connectivity index (χ0) is 15.5. The van der Waals surface area contributed by atoms with E-state index in [4.69, 9.17) is 11.0 Å². The number of nitrogens with two attached hydrogens (primary N) is 1. The highest BCUT2D eigenvalue weighted by atomic mass is 19.4. The van der Waals surface area contributed by atoms with Crippen LogP contribution in [0.5, 0.6) is 0 Å². The van der Waals surface area contributed by atoms with Gasteiger partial charge in [0.25, 0.3) is 0 Å². The van der Waals surface area contributed by atoms with E-state index < -0.39 is 12.0 Å². The Kier molecular flexibility index (Phi) is 3.93. The summed E-state index contributed by atoms with van der Waals surface area (Å²) >= 11 is 0. The van der Waals surface area contributed by atoms with E-state index in [9.17, 15) is 13.2 Å². The molecule has 0 radical (unpaired) electrons. The molecule has 1 heterocycles. The predicted octanol–water partition coefficient (Wildman–Crippen LogP) is 2.89. The van der Waals surface area contributed by atoms with Gasteiger partial charge in [-0.25, -0.2) is 9.97 Å². The summed E-state index contributed by atoms with van der Waals surface area (Å²) in [6.45, 7) is 0. The molecule has 0 aliphatic carbocycles. The third kappa shape index (κ3) is 3.82. The zero-order valence-corrected chi connectivity index (χ0v) is 10.6. The second kappa shape index (κ2) is 5.66. The van der Waals surface area contributed by atoms with Crippen LogP contribution < -0.4 is 11.1 Å². The van der Waals surface area contributed by atoms with Crippen molar-refractivity contribution >= 4 is 17.3 Å². The Hall–Kier alpha value is -2.82. The molecule has 0 aliphatic heterocycles. The number of rotatable bonds is 3. The number of nitrogens with zero attached hydrogens (tertiary/aromatic N) is 3. The SMILES string of the molecule is N#CCc1ccc(Nc2cc(N)nc(C(F)(F)F)n2)cc1. The molecule has 2 rings (SSSR count). The Labute approximate surface area is 118 Å². The lowest BCUT2D eigenvalue weighted by molar-refractivity contribution is -0.144. The molecule has 5 nitrogen and oxygen atoms in total. The van der Waals surface area contributed by atoms with Crippen LogP contribution in [-0.2, 0) is 12.6 Å². The van der Waals surface area contributed by atoms with Gasteiger partial charge in [0.05, 0.1) is 12.5 Å². The van der Waals surface area contributed by atoms with E-state index in [0.717, 1.165) is 5.56 Å². The molecule has 0 unspecified atom stereocenters. The largest absolute Gasteiger partial charge is 0.451 e. The molecule has 0 fully saturated rings. The van der Waals surface area contributed by atoms with E-state index in [1.807, 2.05) is 6.07 Å². The summed E-state index contributed by atoms with van der Waals surface area (Å²) in [4.78, 5) is 6.53. The molecule has 0 aliphatic rings. The van der Waals surface area contributed by atoms with Gasteiger partial charge in [-0.15, -0.1) is 0 Å². The molecule has 21 heavy (non-hydrogen) atoms. The predicted molar refractivity (Wildman–Crippen MR) is 70.5 cm³/mol. The van der Waals surface area contributed by atoms with Crippen molar-refractivity contribution in [2.75, 3.05) is 11.1 Å². The summed E-state index contributed by atoms with van der Waals surface area (Å²) in [5, 5.41) is 11.3. The quantitative estimate of drug-likeness (QED) is 0.908. The van der Waals surface area contributed by atoms with Crippen molar-refractivity contribution in [3.63, 3.8) is 0 Å². The number of halogens is 3. The van der Waals surface area contributed by atoms with Gasteiger partial charge in [-0.2, -0.15) is 18.4 Å². The summed E-state index contributed by atoms with van der Waals surface area (Å²) < 4.78 is 37.8. The maximum atomic E-state index is 12.6.